The van der Waals surface area contributed by atoms with Crippen LogP contribution in [0.2, 0.25) is 0 Å². The van der Waals surface area contributed by atoms with Gasteiger partial charge >= 0.3 is 0 Å². The largest absolute Gasteiger partial charge is 0.393 e. The highest BCUT2D eigenvalue weighted by Gasteiger charge is 2.13. The first-order chi connectivity index (χ1) is 10.1. The zero-order valence-corrected chi connectivity index (χ0v) is 12.2. The predicted octanol–water partition coefficient (Wildman–Crippen LogP) is 1.40. The SMILES string of the molecule is CC(C)C(O)CCNC(=O)c1cnn(-c2ccccc2)n1. The first-order valence-corrected chi connectivity index (χ1v) is 7.02. The maximum absolute atomic E-state index is 11.9. The Bertz CT molecular complexity index is 580. The second-order valence-electron chi connectivity index (χ2n) is 5.21. The molecule has 6 heteroatoms. The molecule has 21 heavy (non-hydrogen) atoms. The number of nitrogens with zero attached hydrogens (tertiary/aromatic N) is 3. The van der Waals surface area contributed by atoms with Gasteiger partial charge in [0.1, 0.15) is 0 Å². The van der Waals surface area contributed by atoms with Crippen molar-refractivity contribution >= 4 is 5.91 Å². The Morgan fingerprint density at radius 2 is 2.05 bits per heavy atom. The molecule has 0 radical (unpaired) electrons. The smallest absolute Gasteiger partial charge is 0.273 e. The van der Waals surface area contributed by atoms with Crippen LogP contribution in [0.5, 0.6) is 0 Å². The Labute approximate surface area is 123 Å². The zero-order valence-electron chi connectivity index (χ0n) is 12.2. The van der Waals surface area contributed by atoms with Gasteiger partial charge in [-0.1, -0.05) is 32.0 Å². The first-order valence-electron chi connectivity index (χ1n) is 7.02. The predicted molar refractivity (Wildman–Crippen MR) is 79.2 cm³/mol. The van der Waals surface area contributed by atoms with Crippen LogP contribution in [0.1, 0.15) is 30.8 Å². The number of rotatable bonds is 6. The Hall–Kier alpha value is -2.21. The van der Waals surface area contributed by atoms with Crippen LogP contribution in [0.25, 0.3) is 5.69 Å². The molecule has 1 heterocycles. The van der Waals surface area contributed by atoms with E-state index in [0.29, 0.717) is 13.0 Å². The standard InChI is InChI=1S/C15H20N4O2/c1-11(2)14(20)8-9-16-15(21)13-10-17-19(18-13)12-6-4-3-5-7-12/h3-7,10-11,14,20H,8-9H2,1-2H3,(H,16,21). The summed E-state index contributed by atoms with van der Waals surface area (Å²) in [6.45, 7) is 4.30. The van der Waals surface area contributed by atoms with Crippen LogP contribution >= 0.6 is 0 Å². The van der Waals surface area contributed by atoms with E-state index < -0.39 is 6.10 Å². The van der Waals surface area contributed by atoms with Gasteiger partial charge in [-0.05, 0) is 24.5 Å². The van der Waals surface area contributed by atoms with Crippen LogP contribution in [-0.2, 0) is 0 Å². The number of hydrogen-bond donors (Lipinski definition) is 2. The number of carbonyl (C=O) groups excluding carboxylic acids is 1. The Morgan fingerprint density at radius 3 is 2.71 bits per heavy atom. The number of amides is 1. The average Bonchev–Trinajstić information content (AvgIpc) is 2.97. The van der Waals surface area contributed by atoms with Gasteiger partial charge in [0, 0.05) is 6.54 Å². The quantitative estimate of drug-likeness (QED) is 0.842. The second-order valence-corrected chi connectivity index (χ2v) is 5.21. The number of aliphatic hydroxyl groups excluding tert-OH is 1. The summed E-state index contributed by atoms with van der Waals surface area (Å²) >= 11 is 0. The lowest BCUT2D eigenvalue weighted by atomic mass is 10.0. The fourth-order valence-electron chi connectivity index (χ4n) is 1.81. The molecule has 0 spiro atoms. The minimum Gasteiger partial charge on any atom is -0.393 e. The van der Waals surface area contributed by atoms with Crippen molar-refractivity contribution in [1.29, 1.82) is 0 Å². The molecule has 2 rings (SSSR count). The van der Waals surface area contributed by atoms with E-state index in [1.54, 1.807) is 0 Å². The van der Waals surface area contributed by atoms with Crippen LogP contribution in [0.4, 0.5) is 0 Å². The van der Waals surface area contributed by atoms with Gasteiger partial charge < -0.3 is 10.4 Å². The molecule has 0 bridgehead atoms. The summed E-state index contributed by atoms with van der Waals surface area (Å²) in [7, 11) is 0. The van der Waals surface area contributed by atoms with E-state index in [1.165, 1.54) is 11.0 Å². The van der Waals surface area contributed by atoms with Crippen molar-refractivity contribution in [1.82, 2.24) is 20.3 Å². The van der Waals surface area contributed by atoms with Crippen LogP contribution in [0.15, 0.2) is 36.5 Å². The topological polar surface area (TPSA) is 80.0 Å². The van der Waals surface area contributed by atoms with Crippen LogP contribution < -0.4 is 5.32 Å². The lowest BCUT2D eigenvalue weighted by molar-refractivity contribution is 0.0915. The molecule has 2 N–H and O–H groups in total. The third-order valence-corrected chi connectivity index (χ3v) is 3.21. The maximum Gasteiger partial charge on any atom is 0.273 e. The monoisotopic (exact) mass is 288 g/mol. The molecule has 1 unspecified atom stereocenters. The van der Waals surface area contributed by atoms with Gasteiger partial charge in [-0.15, -0.1) is 5.10 Å². The number of nitrogens with one attached hydrogen (secondary N) is 1. The normalized spacial score (nSPS) is 12.4. The van der Waals surface area contributed by atoms with Crippen molar-refractivity contribution in [2.75, 3.05) is 6.54 Å². The van der Waals surface area contributed by atoms with Gasteiger partial charge in [0.15, 0.2) is 5.69 Å². The number of aromatic nitrogens is 3. The molecule has 0 fully saturated rings. The number of aliphatic hydroxyl groups is 1. The van der Waals surface area contributed by atoms with Crippen molar-refractivity contribution < 1.29 is 9.90 Å². The highest BCUT2D eigenvalue weighted by Crippen LogP contribution is 2.05. The molecule has 112 valence electrons. The molecule has 6 nitrogen and oxygen atoms in total. The van der Waals surface area contributed by atoms with E-state index in [-0.39, 0.29) is 17.5 Å². The zero-order chi connectivity index (χ0) is 15.2. The lowest BCUT2D eigenvalue weighted by Crippen LogP contribution is -2.29. The summed E-state index contributed by atoms with van der Waals surface area (Å²) in [5.74, 6) is -0.103. The lowest BCUT2D eigenvalue weighted by Gasteiger charge is -2.13. The molecular formula is C15H20N4O2. The average molecular weight is 288 g/mol. The molecule has 0 saturated heterocycles. The van der Waals surface area contributed by atoms with Gasteiger partial charge in [0.25, 0.3) is 5.91 Å². The molecule has 1 aromatic carbocycles. The molecule has 0 aliphatic carbocycles. The molecular weight excluding hydrogens is 268 g/mol. The third-order valence-electron chi connectivity index (χ3n) is 3.21. The number of hydrogen-bond acceptors (Lipinski definition) is 4. The van der Waals surface area contributed by atoms with E-state index in [4.69, 9.17) is 0 Å². The Kier molecular flexibility index (Phi) is 5.05. The number of carbonyl (C=O) groups is 1. The van der Waals surface area contributed by atoms with Gasteiger partial charge in [-0.2, -0.15) is 9.90 Å². The molecule has 0 aliphatic heterocycles. The van der Waals surface area contributed by atoms with Crippen LogP contribution in [0.3, 0.4) is 0 Å². The van der Waals surface area contributed by atoms with Gasteiger partial charge in [0.05, 0.1) is 18.0 Å². The molecule has 1 amide bonds. The third kappa shape index (κ3) is 4.13. The summed E-state index contributed by atoms with van der Waals surface area (Å²) in [4.78, 5) is 13.3. The van der Waals surface area contributed by atoms with E-state index in [1.807, 2.05) is 44.2 Å². The number of para-hydroxylation sites is 1. The van der Waals surface area contributed by atoms with Crippen LogP contribution in [-0.4, -0.2) is 38.7 Å². The summed E-state index contributed by atoms with van der Waals surface area (Å²) in [6.07, 6.45) is 1.54. The highest BCUT2D eigenvalue weighted by atomic mass is 16.3. The van der Waals surface area contributed by atoms with Gasteiger partial charge in [-0.25, -0.2) is 0 Å². The maximum atomic E-state index is 11.9. The summed E-state index contributed by atoms with van der Waals surface area (Å²) in [5, 5.41) is 20.6. The van der Waals surface area contributed by atoms with Crippen molar-refractivity contribution in [3.05, 3.63) is 42.2 Å². The fraction of sp³-hybridized carbons (Fsp3) is 0.400. The van der Waals surface area contributed by atoms with Crippen molar-refractivity contribution in [2.45, 2.75) is 26.4 Å². The van der Waals surface area contributed by atoms with Crippen LogP contribution in [0, 0.1) is 5.92 Å². The summed E-state index contributed by atoms with van der Waals surface area (Å²) in [5.41, 5.74) is 1.06. The minimum atomic E-state index is -0.412. The fourth-order valence-corrected chi connectivity index (χ4v) is 1.81. The first kappa shape index (κ1) is 15.2. The van der Waals surface area contributed by atoms with E-state index in [2.05, 4.69) is 15.5 Å². The second kappa shape index (κ2) is 6.99. The Morgan fingerprint density at radius 1 is 1.33 bits per heavy atom. The van der Waals surface area contributed by atoms with E-state index >= 15 is 0 Å². The molecule has 1 atom stereocenters. The van der Waals surface area contributed by atoms with Gasteiger partial charge in [-0.3, -0.25) is 4.79 Å². The Balaban J connectivity index is 1.91. The van der Waals surface area contributed by atoms with E-state index in [0.717, 1.165) is 5.69 Å². The van der Waals surface area contributed by atoms with Crippen molar-refractivity contribution in [3.63, 3.8) is 0 Å². The number of benzene rings is 1. The minimum absolute atomic E-state index is 0.181. The van der Waals surface area contributed by atoms with Gasteiger partial charge in [0.2, 0.25) is 0 Å². The summed E-state index contributed by atoms with van der Waals surface area (Å²) < 4.78 is 0. The van der Waals surface area contributed by atoms with E-state index in [9.17, 15) is 9.90 Å². The summed E-state index contributed by atoms with van der Waals surface area (Å²) in [6, 6.07) is 9.39. The highest BCUT2D eigenvalue weighted by molar-refractivity contribution is 5.91. The molecule has 1 aromatic heterocycles. The van der Waals surface area contributed by atoms with Crippen molar-refractivity contribution in [2.24, 2.45) is 5.92 Å². The molecule has 0 aliphatic rings. The molecule has 0 saturated carbocycles. The van der Waals surface area contributed by atoms with Crippen molar-refractivity contribution in [3.8, 4) is 5.69 Å². The molecule has 2 aromatic rings.